The molecule has 0 aliphatic heterocycles. The van der Waals surface area contributed by atoms with Crippen LogP contribution in [-0.4, -0.2) is 24.6 Å². The van der Waals surface area contributed by atoms with Gasteiger partial charge >= 0.3 is 0 Å². The Morgan fingerprint density at radius 3 is 2.58 bits per heavy atom. The number of rotatable bonds is 6. The molecule has 0 bridgehead atoms. The predicted octanol–water partition coefficient (Wildman–Crippen LogP) is 1.72. The van der Waals surface area contributed by atoms with Gasteiger partial charge in [-0.1, -0.05) is 0 Å². The highest BCUT2D eigenvalue weighted by Crippen LogP contribution is 2.16. The van der Waals surface area contributed by atoms with Crippen LogP contribution in [0.5, 0.6) is 11.5 Å². The second-order valence-corrected chi connectivity index (χ2v) is 3.96. The van der Waals surface area contributed by atoms with E-state index in [1.165, 1.54) is 0 Å². The molecular formula is C14H16N2O3. The summed E-state index contributed by atoms with van der Waals surface area (Å²) in [5, 5.41) is 2.77. The van der Waals surface area contributed by atoms with Crippen LogP contribution >= 0.6 is 0 Å². The van der Waals surface area contributed by atoms with Gasteiger partial charge in [0.1, 0.15) is 11.5 Å². The summed E-state index contributed by atoms with van der Waals surface area (Å²) in [6, 6.07) is 9.00. The van der Waals surface area contributed by atoms with E-state index in [1.54, 1.807) is 31.4 Å². The van der Waals surface area contributed by atoms with Crippen molar-refractivity contribution in [2.24, 2.45) is 0 Å². The Bertz CT molecular complexity index is 506. The van der Waals surface area contributed by atoms with Crippen LogP contribution in [0.2, 0.25) is 0 Å². The zero-order valence-corrected chi connectivity index (χ0v) is 10.7. The third kappa shape index (κ3) is 4.06. The number of hydrogen-bond donors (Lipinski definition) is 2. The summed E-state index contributed by atoms with van der Waals surface area (Å²) in [6.45, 7) is 0.491. The predicted molar refractivity (Wildman–Crippen MR) is 71.1 cm³/mol. The largest absolute Gasteiger partial charge is 0.497 e. The first-order chi connectivity index (χ1) is 9.28. The first kappa shape index (κ1) is 13.0. The third-order valence-electron chi connectivity index (χ3n) is 2.58. The lowest BCUT2D eigenvalue weighted by Gasteiger charge is -2.07. The van der Waals surface area contributed by atoms with Crippen molar-refractivity contribution in [3.63, 3.8) is 0 Å². The van der Waals surface area contributed by atoms with Crippen molar-refractivity contribution in [1.29, 1.82) is 0 Å². The average molecular weight is 260 g/mol. The summed E-state index contributed by atoms with van der Waals surface area (Å²) < 4.78 is 10.4. The molecule has 19 heavy (non-hydrogen) atoms. The molecule has 1 aromatic carbocycles. The van der Waals surface area contributed by atoms with Crippen LogP contribution in [0.25, 0.3) is 0 Å². The van der Waals surface area contributed by atoms with Crippen molar-refractivity contribution < 1.29 is 14.3 Å². The molecule has 0 fully saturated rings. The van der Waals surface area contributed by atoms with E-state index < -0.39 is 0 Å². The second kappa shape index (κ2) is 6.49. The summed E-state index contributed by atoms with van der Waals surface area (Å²) in [6.07, 6.45) is 3.65. The number of carbonyl (C=O) groups excluding carboxylic acids is 1. The van der Waals surface area contributed by atoms with Crippen molar-refractivity contribution in [3.8, 4) is 11.5 Å². The number of ether oxygens (including phenoxy) is 2. The molecule has 0 atom stereocenters. The van der Waals surface area contributed by atoms with Crippen LogP contribution in [0.4, 0.5) is 0 Å². The smallest absolute Gasteiger partial charge is 0.258 e. The van der Waals surface area contributed by atoms with Gasteiger partial charge < -0.3 is 19.8 Å². The maximum Gasteiger partial charge on any atom is 0.258 e. The number of H-pyrrole nitrogens is 1. The number of nitrogens with one attached hydrogen (secondary N) is 2. The first-order valence-electron chi connectivity index (χ1n) is 5.93. The summed E-state index contributed by atoms with van der Waals surface area (Å²) in [4.78, 5) is 14.5. The third-order valence-corrected chi connectivity index (χ3v) is 2.58. The van der Waals surface area contributed by atoms with Crippen molar-refractivity contribution in [3.05, 3.63) is 48.3 Å². The zero-order valence-electron chi connectivity index (χ0n) is 10.7. The minimum atomic E-state index is -0.156. The molecule has 0 radical (unpaired) electrons. The quantitative estimate of drug-likeness (QED) is 0.831. The molecule has 1 heterocycles. The number of methoxy groups -OCH3 is 1. The topological polar surface area (TPSA) is 63.4 Å². The SMILES string of the molecule is COc1ccc(OCC(=O)NCc2cc[nH]c2)cc1. The lowest BCUT2D eigenvalue weighted by Crippen LogP contribution is -2.28. The summed E-state index contributed by atoms with van der Waals surface area (Å²) in [7, 11) is 1.60. The molecule has 0 unspecified atom stereocenters. The Hall–Kier alpha value is -2.43. The summed E-state index contributed by atoms with van der Waals surface area (Å²) in [5.41, 5.74) is 1.03. The zero-order chi connectivity index (χ0) is 13.5. The number of hydrogen-bond acceptors (Lipinski definition) is 3. The molecule has 0 saturated carbocycles. The lowest BCUT2D eigenvalue weighted by molar-refractivity contribution is -0.123. The van der Waals surface area contributed by atoms with E-state index in [-0.39, 0.29) is 12.5 Å². The van der Waals surface area contributed by atoms with E-state index in [2.05, 4.69) is 10.3 Å². The van der Waals surface area contributed by atoms with Gasteiger partial charge in [0.2, 0.25) is 0 Å². The lowest BCUT2D eigenvalue weighted by atomic mass is 10.3. The van der Waals surface area contributed by atoms with E-state index in [0.29, 0.717) is 12.3 Å². The molecule has 0 spiro atoms. The van der Waals surface area contributed by atoms with E-state index in [0.717, 1.165) is 11.3 Å². The van der Waals surface area contributed by atoms with Crippen LogP contribution in [0.15, 0.2) is 42.7 Å². The Labute approximate surface area is 111 Å². The number of amides is 1. The highest BCUT2D eigenvalue weighted by atomic mass is 16.5. The van der Waals surface area contributed by atoms with E-state index in [9.17, 15) is 4.79 Å². The molecule has 5 nitrogen and oxygen atoms in total. The Morgan fingerprint density at radius 2 is 1.95 bits per heavy atom. The molecule has 0 saturated heterocycles. The Morgan fingerprint density at radius 1 is 1.21 bits per heavy atom. The summed E-state index contributed by atoms with van der Waals surface area (Å²) in [5.74, 6) is 1.24. The van der Waals surface area contributed by atoms with Gasteiger partial charge in [-0.2, -0.15) is 0 Å². The normalized spacial score (nSPS) is 9.95. The molecule has 5 heteroatoms. The molecule has 2 aromatic rings. The Kier molecular flexibility index (Phi) is 4.44. The van der Waals surface area contributed by atoms with Crippen LogP contribution in [0.1, 0.15) is 5.56 Å². The molecule has 1 amide bonds. The molecule has 100 valence electrons. The molecule has 1 aromatic heterocycles. The molecule has 0 aliphatic rings. The number of carbonyl (C=O) groups is 1. The fourth-order valence-electron chi connectivity index (χ4n) is 1.54. The second-order valence-electron chi connectivity index (χ2n) is 3.96. The highest BCUT2D eigenvalue weighted by molar-refractivity contribution is 5.77. The van der Waals surface area contributed by atoms with Crippen molar-refractivity contribution in [2.45, 2.75) is 6.54 Å². The minimum absolute atomic E-state index is 0.00322. The highest BCUT2D eigenvalue weighted by Gasteiger charge is 2.03. The van der Waals surface area contributed by atoms with E-state index >= 15 is 0 Å². The fraction of sp³-hybridized carbons (Fsp3) is 0.214. The molecular weight excluding hydrogens is 244 g/mol. The van der Waals surface area contributed by atoms with Crippen molar-refractivity contribution in [2.75, 3.05) is 13.7 Å². The van der Waals surface area contributed by atoms with Gasteiger partial charge in [-0.25, -0.2) is 0 Å². The number of benzene rings is 1. The van der Waals surface area contributed by atoms with Crippen molar-refractivity contribution in [1.82, 2.24) is 10.3 Å². The minimum Gasteiger partial charge on any atom is -0.497 e. The monoisotopic (exact) mass is 260 g/mol. The molecule has 2 N–H and O–H groups in total. The van der Waals surface area contributed by atoms with Crippen molar-refractivity contribution >= 4 is 5.91 Å². The van der Waals surface area contributed by atoms with Crippen LogP contribution in [-0.2, 0) is 11.3 Å². The maximum atomic E-state index is 11.6. The fourth-order valence-corrected chi connectivity index (χ4v) is 1.54. The van der Waals surface area contributed by atoms with E-state index in [1.807, 2.05) is 18.5 Å². The van der Waals surface area contributed by atoms with Gasteiger partial charge in [0.25, 0.3) is 5.91 Å². The first-order valence-corrected chi connectivity index (χ1v) is 5.93. The van der Waals surface area contributed by atoms with Gasteiger partial charge in [0.15, 0.2) is 6.61 Å². The van der Waals surface area contributed by atoms with Gasteiger partial charge in [-0.3, -0.25) is 4.79 Å². The standard InChI is InChI=1S/C14H16N2O3/c1-18-12-2-4-13(5-3-12)19-10-14(17)16-9-11-6-7-15-8-11/h2-8,15H,9-10H2,1H3,(H,16,17). The number of aromatic nitrogens is 1. The van der Waals surface area contributed by atoms with Gasteiger partial charge in [-0.05, 0) is 35.9 Å². The van der Waals surface area contributed by atoms with Gasteiger partial charge in [0, 0.05) is 18.9 Å². The molecule has 2 rings (SSSR count). The van der Waals surface area contributed by atoms with Crippen LogP contribution in [0, 0.1) is 0 Å². The average Bonchev–Trinajstić information content (AvgIpc) is 2.96. The summed E-state index contributed by atoms with van der Waals surface area (Å²) >= 11 is 0. The van der Waals surface area contributed by atoms with Crippen LogP contribution in [0.3, 0.4) is 0 Å². The van der Waals surface area contributed by atoms with Crippen LogP contribution < -0.4 is 14.8 Å². The molecule has 0 aliphatic carbocycles. The number of aromatic amines is 1. The maximum absolute atomic E-state index is 11.6. The van der Waals surface area contributed by atoms with Gasteiger partial charge in [0.05, 0.1) is 7.11 Å². The Balaban J connectivity index is 1.73. The van der Waals surface area contributed by atoms with Gasteiger partial charge in [-0.15, -0.1) is 0 Å². The van der Waals surface area contributed by atoms with E-state index in [4.69, 9.17) is 9.47 Å².